The first kappa shape index (κ1) is 14.6. The van der Waals surface area contributed by atoms with Gasteiger partial charge in [-0.3, -0.25) is 0 Å². The van der Waals surface area contributed by atoms with E-state index in [1.165, 1.54) is 0 Å². The molecule has 2 rings (SSSR count). The highest BCUT2D eigenvalue weighted by Gasteiger charge is 2.12. The number of rotatable bonds is 6. The van der Waals surface area contributed by atoms with Crippen LogP contribution < -0.4 is 4.74 Å². The molecule has 104 valence electrons. The Kier molecular flexibility index (Phi) is 5.19. The summed E-state index contributed by atoms with van der Waals surface area (Å²) in [5.41, 5.74) is 2.02. The van der Waals surface area contributed by atoms with Gasteiger partial charge in [-0.2, -0.15) is 0 Å². The maximum atomic E-state index is 11.4. The van der Waals surface area contributed by atoms with E-state index in [1.807, 2.05) is 55.5 Å². The summed E-state index contributed by atoms with van der Waals surface area (Å²) in [5.74, 6) is 0.645. The Hall–Kier alpha value is -1.80. The normalized spacial score (nSPS) is 11.9. The number of halogens is 1. The number of hydrogen-bond donors (Lipinski definition) is 0. The second kappa shape index (κ2) is 7.11. The van der Waals surface area contributed by atoms with Gasteiger partial charge in [-0.05, 0) is 48.7 Å². The second-order valence-corrected chi connectivity index (χ2v) is 5.02. The van der Waals surface area contributed by atoms with Crippen molar-refractivity contribution in [1.82, 2.24) is 0 Å². The highest BCUT2D eigenvalue weighted by Crippen LogP contribution is 2.23. The lowest BCUT2D eigenvalue weighted by Gasteiger charge is -2.12. The smallest absolute Gasteiger partial charge is 0.127 e. The van der Waals surface area contributed by atoms with Crippen molar-refractivity contribution < 1.29 is 9.53 Å². The van der Waals surface area contributed by atoms with Crippen LogP contribution in [-0.4, -0.2) is 12.9 Å². The molecule has 2 aromatic rings. The van der Waals surface area contributed by atoms with E-state index in [-0.39, 0.29) is 5.92 Å². The molecule has 20 heavy (non-hydrogen) atoms. The van der Waals surface area contributed by atoms with E-state index in [0.717, 1.165) is 23.2 Å². The van der Waals surface area contributed by atoms with E-state index in [1.54, 1.807) is 0 Å². The Labute approximate surface area is 124 Å². The van der Waals surface area contributed by atoms with Gasteiger partial charge >= 0.3 is 0 Å². The molecule has 0 saturated heterocycles. The van der Waals surface area contributed by atoms with Gasteiger partial charge in [-0.1, -0.05) is 35.9 Å². The first-order valence-electron chi connectivity index (χ1n) is 6.65. The molecule has 0 aliphatic heterocycles. The summed E-state index contributed by atoms with van der Waals surface area (Å²) in [6.45, 7) is 2.59. The van der Waals surface area contributed by atoms with E-state index >= 15 is 0 Å². The SMILES string of the molecule is CCOc1cccc(CC(C=O)c2cccc(Cl)c2)c1. The molecule has 2 aromatic carbocycles. The van der Waals surface area contributed by atoms with Gasteiger partial charge in [0.05, 0.1) is 6.61 Å². The van der Waals surface area contributed by atoms with Crippen molar-refractivity contribution in [2.45, 2.75) is 19.3 Å². The first-order chi connectivity index (χ1) is 9.72. The van der Waals surface area contributed by atoms with Crippen LogP contribution in [0.2, 0.25) is 5.02 Å². The topological polar surface area (TPSA) is 26.3 Å². The fourth-order valence-electron chi connectivity index (χ4n) is 2.16. The zero-order valence-electron chi connectivity index (χ0n) is 11.4. The molecule has 0 aliphatic carbocycles. The first-order valence-corrected chi connectivity index (χ1v) is 7.03. The van der Waals surface area contributed by atoms with Crippen molar-refractivity contribution >= 4 is 17.9 Å². The average molecular weight is 289 g/mol. The minimum Gasteiger partial charge on any atom is -0.494 e. The third-order valence-electron chi connectivity index (χ3n) is 3.11. The third kappa shape index (κ3) is 3.84. The molecule has 0 spiro atoms. The Morgan fingerprint density at radius 3 is 2.70 bits per heavy atom. The highest BCUT2D eigenvalue weighted by molar-refractivity contribution is 6.30. The minimum atomic E-state index is -0.189. The molecule has 0 aliphatic rings. The molecule has 0 heterocycles. The number of carbonyl (C=O) groups is 1. The summed E-state index contributed by atoms with van der Waals surface area (Å²) < 4.78 is 5.48. The third-order valence-corrected chi connectivity index (χ3v) is 3.34. The van der Waals surface area contributed by atoms with Crippen LogP contribution in [0, 0.1) is 0 Å². The van der Waals surface area contributed by atoms with Gasteiger partial charge in [-0.15, -0.1) is 0 Å². The van der Waals surface area contributed by atoms with Gasteiger partial charge in [0.25, 0.3) is 0 Å². The molecule has 2 nitrogen and oxygen atoms in total. The largest absolute Gasteiger partial charge is 0.494 e. The Morgan fingerprint density at radius 2 is 2.00 bits per heavy atom. The standard InChI is InChI=1S/C17H17ClO2/c1-2-20-17-8-3-5-13(10-17)9-15(12-19)14-6-4-7-16(18)11-14/h3-8,10-12,15H,2,9H2,1H3. The molecule has 0 amide bonds. The molecular formula is C17H17ClO2. The van der Waals surface area contributed by atoms with Crippen molar-refractivity contribution in [2.24, 2.45) is 0 Å². The van der Waals surface area contributed by atoms with Crippen LogP contribution in [0.4, 0.5) is 0 Å². The molecular weight excluding hydrogens is 272 g/mol. The molecule has 1 unspecified atom stereocenters. The van der Waals surface area contributed by atoms with Crippen molar-refractivity contribution in [1.29, 1.82) is 0 Å². The van der Waals surface area contributed by atoms with Crippen LogP contribution in [0.5, 0.6) is 5.75 Å². The van der Waals surface area contributed by atoms with Crippen molar-refractivity contribution in [3.8, 4) is 5.75 Å². The maximum absolute atomic E-state index is 11.4. The summed E-state index contributed by atoms with van der Waals surface area (Å²) in [6, 6.07) is 15.3. The van der Waals surface area contributed by atoms with Gasteiger partial charge in [0.1, 0.15) is 12.0 Å². The molecule has 0 bridgehead atoms. The zero-order valence-corrected chi connectivity index (χ0v) is 12.1. The molecule has 0 aromatic heterocycles. The molecule has 3 heteroatoms. The Bertz CT molecular complexity index is 581. The van der Waals surface area contributed by atoms with Crippen LogP contribution in [0.3, 0.4) is 0 Å². The lowest BCUT2D eigenvalue weighted by molar-refractivity contribution is -0.109. The van der Waals surface area contributed by atoms with E-state index in [2.05, 4.69) is 0 Å². The predicted molar refractivity (Wildman–Crippen MR) is 81.6 cm³/mol. The number of ether oxygens (including phenoxy) is 1. The number of benzene rings is 2. The number of aldehydes is 1. The number of carbonyl (C=O) groups excluding carboxylic acids is 1. The summed E-state index contributed by atoms with van der Waals surface area (Å²) in [4.78, 5) is 11.4. The second-order valence-electron chi connectivity index (χ2n) is 4.58. The van der Waals surface area contributed by atoms with E-state index in [0.29, 0.717) is 18.1 Å². The van der Waals surface area contributed by atoms with Gasteiger partial charge in [0.15, 0.2) is 0 Å². The van der Waals surface area contributed by atoms with Crippen molar-refractivity contribution in [2.75, 3.05) is 6.61 Å². The summed E-state index contributed by atoms with van der Waals surface area (Å²) in [7, 11) is 0. The van der Waals surface area contributed by atoms with Gasteiger partial charge in [0, 0.05) is 10.9 Å². The Balaban J connectivity index is 2.18. The molecule has 0 radical (unpaired) electrons. The minimum absolute atomic E-state index is 0.189. The van der Waals surface area contributed by atoms with Gasteiger partial charge in [-0.25, -0.2) is 0 Å². The predicted octanol–water partition coefficient (Wildman–Crippen LogP) is 4.26. The summed E-state index contributed by atoms with van der Waals surface area (Å²) in [6.07, 6.45) is 1.61. The quantitative estimate of drug-likeness (QED) is 0.742. The van der Waals surface area contributed by atoms with E-state index in [9.17, 15) is 4.79 Å². The summed E-state index contributed by atoms with van der Waals surface area (Å²) >= 11 is 5.98. The van der Waals surface area contributed by atoms with Crippen molar-refractivity contribution in [3.05, 3.63) is 64.7 Å². The summed E-state index contributed by atoms with van der Waals surface area (Å²) in [5, 5.41) is 0.650. The molecule has 0 N–H and O–H groups in total. The van der Waals surface area contributed by atoms with Gasteiger partial charge in [0.2, 0.25) is 0 Å². The van der Waals surface area contributed by atoms with Crippen LogP contribution in [0.1, 0.15) is 24.0 Å². The molecule has 1 atom stereocenters. The van der Waals surface area contributed by atoms with E-state index < -0.39 is 0 Å². The highest BCUT2D eigenvalue weighted by atomic mass is 35.5. The Morgan fingerprint density at radius 1 is 1.20 bits per heavy atom. The van der Waals surface area contributed by atoms with Crippen LogP contribution in [0.25, 0.3) is 0 Å². The van der Waals surface area contributed by atoms with Crippen LogP contribution in [0.15, 0.2) is 48.5 Å². The average Bonchev–Trinajstić information content (AvgIpc) is 2.45. The van der Waals surface area contributed by atoms with Gasteiger partial charge < -0.3 is 9.53 Å². The lowest BCUT2D eigenvalue weighted by atomic mass is 9.93. The lowest BCUT2D eigenvalue weighted by Crippen LogP contribution is -2.04. The maximum Gasteiger partial charge on any atom is 0.127 e. The van der Waals surface area contributed by atoms with Crippen molar-refractivity contribution in [3.63, 3.8) is 0 Å². The van der Waals surface area contributed by atoms with Crippen LogP contribution in [-0.2, 0) is 11.2 Å². The zero-order chi connectivity index (χ0) is 14.4. The van der Waals surface area contributed by atoms with E-state index in [4.69, 9.17) is 16.3 Å². The molecule has 0 fully saturated rings. The fraction of sp³-hybridized carbons (Fsp3) is 0.235. The molecule has 0 saturated carbocycles. The number of hydrogen-bond acceptors (Lipinski definition) is 2. The fourth-order valence-corrected chi connectivity index (χ4v) is 2.36. The monoisotopic (exact) mass is 288 g/mol. The van der Waals surface area contributed by atoms with Crippen LogP contribution >= 0.6 is 11.6 Å².